The van der Waals surface area contributed by atoms with Crippen molar-refractivity contribution in [2.75, 3.05) is 0 Å². The molecule has 23 heavy (non-hydrogen) atoms. The summed E-state index contributed by atoms with van der Waals surface area (Å²) in [6.45, 7) is 3.93. The molecular weight excluding hydrogens is 314 g/mol. The number of hydrogen-bond acceptors (Lipinski definition) is 7. The number of fused-ring (bicyclic) bond motifs is 1. The Labute approximate surface area is 135 Å². The van der Waals surface area contributed by atoms with Crippen molar-refractivity contribution in [3.63, 3.8) is 0 Å². The monoisotopic (exact) mass is 327 g/mol. The number of furan rings is 1. The van der Waals surface area contributed by atoms with E-state index in [2.05, 4.69) is 20.2 Å². The molecule has 0 bridgehead atoms. The Morgan fingerprint density at radius 3 is 2.91 bits per heavy atom. The molecule has 0 fully saturated rings. The van der Waals surface area contributed by atoms with Crippen LogP contribution in [0, 0.1) is 13.8 Å². The predicted molar refractivity (Wildman–Crippen MR) is 84.0 cm³/mol. The Morgan fingerprint density at radius 2 is 2.09 bits per heavy atom. The van der Waals surface area contributed by atoms with Crippen LogP contribution in [0.3, 0.4) is 0 Å². The Kier molecular flexibility index (Phi) is 3.38. The van der Waals surface area contributed by atoms with Gasteiger partial charge in [0.2, 0.25) is 10.9 Å². The summed E-state index contributed by atoms with van der Waals surface area (Å²) < 4.78 is 12.3. The highest BCUT2D eigenvalue weighted by Crippen LogP contribution is 2.24. The normalized spacial score (nSPS) is 11.4. The van der Waals surface area contributed by atoms with Crippen LogP contribution in [0.2, 0.25) is 0 Å². The summed E-state index contributed by atoms with van der Waals surface area (Å²) in [6.07, 6.45) is 1.60. The van der Waals surface area contributed by atoms with Crippen LogP contribution in [0.5, 0.6) is 0 Å². The van der Waals surface area contributed by atoms with Crippen molar-refractivity contribution in [2.45, 2.75) is 24.8 Å². The third-order valence-corrected chi connectivity index (χ3v) is 4.14. The lowest BCUT2D eigenvalue weighted by Crippen LogP contribution is -1.97. The number of nitrogens with zero attached hydrogens (tertiary/aromatic N) is 5. The molecule has 4 aromatic heterocycles. The largest absolute Gasteiger partial charge is 0.461 e. The molecule has 0 atom stereocenters. The fraction of sp³-hybridized carbons (Fsp3) is 0.200. The first-order chi connectivity index (χ1) is 11.2. The van der Waals surface area contributed by atoms with Crippen LogP contribution in [0.15, 0.2) is 44.6 Å². The Morgan fingerprint density at radius 1 is 1.17 bits per heavy atom. The summed E-state index contributed by atoms with van der Waals surface area (Å²) in [5, 5.41) is 9.15. The Balaban J connectivity index is 1.52. The van der Waals surface area contributed by atoms with Gasteiger partial charge in [0.25, 0.3) is 5.78 Å². The van der Waals surface area contributed by atoms with E-state index in [4.69, 9.17) is 8.94 Å². The molecule has 0 radical (unpaired) electrons. The third kappa shape index (κ3) is 2.72. The molecule has 0 aliphatic rings. The highest BCUT2D eigenvalue weighted by molar-refractivity contribution is 7.98. The summed E-state index contributed by atoms with van der Waals surface area (Å²) in [7, 11) is 0. The van der Waals surface area contributed by atoms with E-state index < -0.39 is 0 Å². The van der Waals surface area contributed by atoms with Crippen LogP contribution < -0.4 is 0 Å². The Hall–Kier alpha value is -2.61. The van der Waals surface area contributed by atoms with E-state index in [1.165, 1.54) is 11.8 Å². The standard InChI is InChI=1S/C15H13N5O2S/c1-9-6-10(2)20-14(16-9)17-15(18-20)23-8-11-7-13(22-19-11)12-4-3-5-21-12/h3-7H,8H2,1-2H3. The molecule has 0 aliphatic heterocycles. The molecule has 0 aromatic carbocycles. The number of aryl methyl sites for hydroxylation is 2. The molecule has 4 rings (SSSR count). The number of hydrogen-bond donors (Lipinski definition) is 0. The van der Waals surface area contributed by atoms with Gasteiger partial charge >= 0.3 is 0 Å². The summed E-state index contributed by atoms with van der Waals surface area (Å²) in [6, 6.07) is 7.47. The molecule has 4 aromatic rings. The van der Waals surface area contributed by atoms with Crippen LogP contribution >= 0.6 is 11.8 Å². The van der Waals surface area contributed by atoms with Gasteiger partial charge in [0.15, 0.2) is 5.76 Å². The first-order valence-corrected chi connectivity index (χ1v) is 8.01. The van der Waals surface area contributed by atoms with Gasteiger partial charge in [-0.3, -0.25) is 0 Å². The maximum Gasteiger partial charge on any atom is 0.253 e. The van der Waals surface area contributed by atoms with Crippen molar-refractivity contribution in [1.29, 1.82) is 0 Å². The molecule has 0 aliphatic carbocycles. The summed E-state index contributed by atoms with van der Waals surface area (Å²) in [5.74, 6) is 2.50. The number of thioether (sulfide) groups is 1. The second kappa shape index (κ2) is 5.54. The predicted octanol–water partition coefficient (Wildman–Crippen LogP) is 3.28. The average molecular weight is 327 g/mol. The summed E-state index contributed by atoms with van der Waals surface area (Å²) in [4.78, 5) is 8.81. The summed E-state index contributed by atoms with van der Waals surface area (Å²) >= 11 is 1.49. The minimum atomic E-state index is 0.610. The van der Waals surface area contributed by atoms with Gasteiger partial charge in [-0.1, -0.05) is 16.9 Å². The van der Waals surface area contributed by atoms with Gasteiger partial charge < -0.3 is 8.94 Å². The molecule has 0 saturated heterocycles. The topological polar surface area (TPSA) is 82.2 Å². The maximum absolute atomic E-state index is 5.28. The first kappa shape index (κ1) is 14.0. The summed E-state index contributed by atoms with van der Waals surface area (Å²) in [5.41, 5.74) is 2.74. The molecule has 0 amide bonds. The fourth-order valence-corrected chi connectivity index (χ4v) is 2.96. The van der Waals surface area contributed by atoms with Gasteiger partial charge in [-0.2, -0.15) is 4.98 Å². The molecule has 0 saturated carbocycles. The third-order valence-electron chi connectivity index (χ3n) is 3.27. The van der Waals surface area contributed by atoms with Crippen molar-refractivity contribution in [3.8, 4) is 11.5 Å². The van der Waals surface area contributed by atoms with E-state index in [-0.39, 0.29) is 0 Å². The minimum absolute atomic E-state index is 0.610. The van der Waals surface area contributed by atoms with Crippen LogP contribution in [-0.4, -0.2) is 24.7 Å². The second-order valence-electron chi connectivity index (χ2n) is 5.09. The zero-order valence-electron chi connectivity index (χ0n) is 12.6. The zero-order valence-corrected chi connectivity index (χ0v) is 13.4. The van der Waals surface area contributed by atoms with Crippen LogP contribution in [0.4, 0.5) is 0 Å². The van der Waals surface area contributed by atoms with Gasteiger partial charge in [-0.25, -0.2) is 9.50 Å². The molecule has 8 heteroatoms. The van der Waals surface area contributed by atoms with Crippen molar-refractivity contribution in [3.05, 3.63) is 47.6 Å². The van der Waals surface area contributed by atoms with Crippen LogP contribution in [0.1, 0.15) is 17.1 Å². The van der Waals surface area contributed by atoms with E-state index in [1.807, 2.05) is 38.1 Å². The highest BCUT2D eigenvalue weighted by Gasteiger charge is 2.12. The fourth-order valence-electron chi connectivity index (χ4n) is 2.26. The molecule has 7 nitrogen and oxygen atoms in total. The van der Waals surface area contributed by atoms with E-state index in [9.17, 15) is 0 Å². The molecule has 0 unspecified atom stereocenters. The van der Waals surface area contributed by atoms with Gasteiger partial charge in [0, 0.05) is 23.2 Å². The van der Waals surface area contributed by atoms with Crippen molar-refractivity contribution in [1.82, 2.24) is 24.7 Å². The number of rotatable bonds is 4. The van der Waals surface area contributed by atoms with Crippen molar-refractivity contribution in [2.24, 2.45) is 0 Å². The van der Waals surface area contributed by atoms with Gasteiger partial charge in [0.05, 0.1) is 12.0 Å². The molecule has 0 N–H and O–H groups in total. The van der Waals surface area contributed by atoms with Crippen LogP contribution in [0.25, 0.3) is 17.3 Å². The van der Waals surface area contributed by atoms with Gasteiger partial charge in [-0.15, -0.1) is 5.10 Å². The van der Waals surface area contributed by atoms with E-state index >= 15 is 0 Å². The minimum Gasteiger partial charge on any atom is -0.461 e. The molecular formula is C15H13N5O2S. The Bertz CT molecular complexity index is 958. The zero-order chi connectivity index (χ0) is 15.8. The lowest BCUT2D eigenvalue weighted by molar-refractivity contribution is 0.413. The highest BCUT2D eigenvalue weighted by atomic mass is 32.2. The van der Waals surface area contributed by atoms with Crippen LogP contribution in [-0.2, 0) is 5.75 Å². The smallest absolute Gasteiger partial charge is 0.253 e. The maximum atomic E-state index is 5.28. The van der Waals surface area contributed by atoms with E-state index in [1.54, 1.807) is 10.8 Å². The van der Waals surface area contributed by atoms with Crippen molar-refractivity contribution < 1.29 is 8.94 Å². The molecule has 0 spiro atoms. The van der Waals surface area contributed by atoms with E-state index in [0.29, 0.717) is 28.2 Å². The van der Waals surface area contributed by atoms with Crippen molar-refractivity contribution >= 4 is 17.5 Å². The number of aromatic nitrogens is 5. The quantitative estimate of drug-likeness (QED) is 0.532. The van der Waals surface area contributed by atoms with Gasteiger partial charge in [0.1, 0.15) is 0 Å². The average Bonchev–Trinajstić information content (AvgIpc) is 3.24. The second-order valence-corrected chi connectivity index (χ2v) is 6.04. The molecule has 4 heterocycles. The lowest BCUT2D eigenvalue weighted by Gasteiger charge is -1.97. The van der Waals surface area contributed by atoms with E-state index in [0.717, 1.165) is 17.1 Å². The first-order valence-electron chi connectivity index (χ1n) is 7.02. The molecule has 116 valence electrons. The van der Waals surface area contributed by atoms with Gasteiger partial charge in [-0.05, 0) is 32.0 Å². The SMILES string of the molecule is Cc1cc(C)n2nc(SCc3cc(-c4ccco4)on3)nc2n1. The lowest BCUT2D eigenvalue weighted by atomic mass is 10.3.